The van der Waals surface area contributed by atoms with Gasteiger partial charge in [-0.05, 0) is 12.1 Å². The molecule has 0 aromatic heterocycles. The van der Waals surface area contributed by atoms with Crippen molar-refractivity contribution in [1.82, 2.24) is 5.43 Å². The molecule has 0 spiro atoms. The number of carbonyl (C=O) groups excluding carboxylic acids is 1. The Balaban J connectivity index is 2.25. The molecule has 1 amide bonds. The number of carbonyl (C=O) groups is 1. The summed E-state index contributed by atoms with van der Waals surface area (Å²) < 4.78 is 65.6. The number of halogens is 6. The Morgan fingerprint density at radius 2 is 1.48 bits per heavy atom. The Morgan fingerprint density at radius 3 is 2.04 bits per heavy atom. The summed E-state index contributed by atoms with van der Waals surface area (Å²) >= 11 is 5.75. The molecule has 9 heteroatoms. The lowest BCUT2D eigenvalue weighted by molar-refractivity contribution is 0.0955. The van der Waals surface area contributed by atoms with Crippen molar-refractivity contribution in [3.63, 3.8) is 0 Å². The van der Waals surface area contributed by atoms with Crippen molar-refractivity contribution in [3.8, 4) is 0 Å². The van der Waals surface area contributed by atoms with Crippen molar-refractivity contribution in [1.29, 1.82) is 0 Å². The molecule has 0 heterocycles. The minimum atomic E-state index is -2.28. The quantitative estimate of drug-likeness (QED) is 0.296. The third kappa shape index (κ3) is 3.31. The van der Waals surface area contributed by atoms with E-state index in [9.17, 15) is 26.7 Å². The maximum atomic E-state index is 13.4. The van der Waals surface area contributed by atoms with Crippen LogP contribution in [0.2, 0.25) is 5.02 Å². The average Bonchev–Trinajstić information content (AvgIpc) is 2.54. The summed E-state index contributed by atoms with van der Waals surface area (Å²) in [7, 11) is 0. The third-order valence-corrected chi connectivity index (χ3v) is 3.05. The van der Waals surface area contributed by atoms with E-state index in [2.05, 4.69) is 5.10 Å². The van der Waals surface area contributed by atoms with Gasteiger partial charge in [0.2, 0.25) is 5.82 Å². The fourth-order valence-corrected chi connectivity index (χ4v) is 1.82. The number of hydrogen-bond donors (Lipinski definition) is 1. The van der Waals surface area contributed by atoms with Gasteiger partial charge in [0, 0.05) is 0 Å². The lowest BCUT2D eigenvalue weighted by Gasteiger charge is -2.04. The zero-order chi connectivity index (χ0) is 17.1. The van der Waals surface area contributed by atoms with Crippen molar-refractivity contribution in [2.45, 2.75) is 0 Å². The topological polar surface area (TPSA) is 41.5 Å². The minimum absolute atomic E-state index is 0.0173. The number of hydrogen-bond acceptors (Lipinski definition) is 2. The molecule has 0 aliphatic rings. The van der Waals surface area contributed by atoms with Crippen LogP contribution >= 0.6 is 11.6 Å². The van der Waals surface area contributed by atoms with E-state index in [1.807, 2.05) is 5.43 Å². The summed E-state index contributed by atoms with van der Waals surface area (Å²) in [5.74, 6) is -11.4. The van der Waals surface area contributed by atoms with Crippen molar-refractivity contribution in [3.05, 3.63) is 69.5 Å². The highest BCUT2D eigenvalue weighted by atomic mass is 35.5. The van der Waals surface area contributed by atoms with Gasteiger partial charge in [0.1, 0.15) is 0 Å². The monoisotopic (exact) mass is 348 g/mol. The van der Waals surface area contributed by atoms with Crippen LogP contribution in [0.1, 0.15) is 15.9 Å². The van der Waals surface area contributed by atoms with E-state index in [0.717, 1.165) is 0 Å². The van der Waals surface area contributed by atoms with E-state index in [0.29, 0.717) is 6.21 Å². The molecule has 0 bridgehead atoms. The van der Waals surface area contributed by atoms with E-state index in [1.165, 1.54) is 18.2 Å². The number of nitrogens with zero attached hydrogens (tertiary/aromatic N) is 1. The first kappa shape index (κ1) is 16.9. The van der Waals surface area contributed by atoms with E-state index in [1.54, 1.807) is 6.07 Å². The highest BCUT2D eigenvalue weighted by Gasteiger charge is 2.24. The SMILES string of the molecule is O=C(N/N=C\c1c(F)c(F)c(F)c(F)c1F)c1ccccc1Cl. The van der Waals surface area contributed by atoms with Crippen molar-refractivity contribution in [2.75, 3.05) is 0 Å². The van der Waals surface area contributed by atoms with Gasteiger partial charge in [0.05, 0.1) is 22.4 Å². The van der Waals surface area contributed by atoms with Crippen molar-refractivity contribution < 1.29 is 26.7 Å². The molecule has 23 heavy (non-hydrogen) atoms. The molecule has 0 aliphatic carbocycles. The lowest BCUT2D eigenvalue weighted by atomic mass is 10.2. The second kappa shape index (κ2) is 6.74. The predicted molar refractivity (Wildman–Crippen MR) is 72.7 cm³/mol. The molecule has 2 rings (SSSR count). The molecule has 0 aliphatic heterocycles. The molecule has 0 radical (unpaired) electrons. The van der Waals surface area contributed by atoms with Crippen LogP contribution in [0.15, 0.2) is 29.4 Å². The number of hydrazone groups is 1. The fourth-order valence-electron chi connectivity index (χ4n) is 1.60. The molecule has 120 valence electrons. The van der Waals surface area contributed by atoms with Gasteiger partial charge >= 0.3 is 0 Å². The van der Waals surface area contributed by atoms with Gasteiger partial charge in [-0.3, -0.25) is 4.79 Å². The predicted octanol–water partition coefficient (Wildman–Crippen LogP) is 3.80. The number of rotatable bonds is 3. The Morgan fingerprint density at radius 1 is 0.957 bits per heavy atom. The molecular weight excluding hydrogens is 343 g/mol. The number of amides is 1. The van der Waals surface area contributed by atoms with Gasteiger partial charge in [0.25, 0.3) is 5.91 Å². The zero-order valence-electron chi connectivity index (χ0n) is 11.0. The van der Waals surface area contributed by atoms with Crippen LogP contribution < -0.4 is 5.43 Å². The maximum absolute atomic E-state index is 13.4. The molecule has 3 nitrogen and oxygen atoms in total. The highest BCUT2D eigenvalue weighted by molar-refractivity contribution is 6.33. The molecule has 1 N–H and O–H groups in total. The molecule has 0 fully saturated rings. The van der Waals surface area contributed by atoms with Gasteiger partial charge in [-0.2, -0.15) is 5.10 Å². The summed E-state index contributed by atoms with van der Waals surface area (Å²) in [6.45, 7) is 0. The van der Waals surface area contributed by atoms with Crippen LogP contribution in [0.4, 0.5) is 22.0 Å². The summed E-state index contributed by atoms with van der Waals surface area (Å²) in [6.07, 6.45) is 0.311. The van der Waals surface area contributed by atoms with Crippen LogP contribution in [0, 0.1) is 29.1 Å². The van der Waals surface area contributed by atoms with Gasteiger partial charge in [-0.25, -0.2) is 27.4 Å². The maximum Gasteiger partial charge on any atom is 0.272 e. The molecule has 0 saturated carbocycles. The lowest BCUT2D eigenvalue weighted by Crippen LogP contribution is -2.18. The second-order valence-electron chi connectivity index (χ2n) is 4.16. The molecular formula is C14H6ClF5N2O. The van der Waals surface area contributed by atoms with Crippen LogP contribution in [-0.2, 0) is 0 Å². The smallest absolute Gasteiger partial charge is 0.267 e. The standard InChI is InChI=1S/C14H6ClF5N2O/c15-8-4-2-1-3-6(8)14(23)22-21-5-7-9(16)11(18)13(20)12(19)10(7)17/h1-5H,(H,22,23)/b21-5-. The Bertz CT molecular complexity index is 781. The van der Waals surface area contributed by atoms with Crippen molar-refractivity contribution in [2.24, 2.45) is 5.10 Å². The Hall–Kier alpha value is -2.48. The molecule has 0 unspecified atom stereocenters. The van der Waals surface area contributed by atoms with Gasteiger partial charge < -0.3 is 0 Å². The zero-order valence-corrected chi connectivity index (χ0v) is 11.8. The average molecular weight is 349 g/mol. The minimum Gasteiger partial charge on any atom is -0.267 e. The molecule has 0 saturated heterocycles. The summed E-state index contributed by atoms with van der Waals surface area (Å²) in [5.41, 5.74) is 0.611. The first-order valence-corrected chi connectivity index (χ1v) is 6.31. The first-order valence-electron chi connectivity index (χ1n) is 5.94. The van der Waals surface area contributed by atoms with E-state index < -0.39 is 40.6 Å². The van der Waals surface area contributed by atoms with Gasteiger partial charge in [-0.15, -0.1) is 0 Å². The largest absolute Gasteiger partial charge is 0.272 e. The molecule has 0 atom stereocenters. The molecule has 2 aromatic rings. The van der Waals surface area contributed by atoms with Gasteiger partial charge in [-0.1, -0.05) is 23.7 Å². The van der Waals surface area contributed by atoms with E-state index in [-0.39, 0.29) is 10.6 Å². The second-order valence-corrected chi connectivity index (χ2v) is 4.57. The van der Waals surface area contributed by atoms with E-state index >= 15 is 0 Å². The summed E-state index contributed by atoms with van der Waals surface area (Å²) in [6, 6.07) is 5.85. The molecule has 2 aromatic carbocycles. The van der Waals surface area contributed by atoms with Gasteiger partial charge in [0.15, 0.2) is 23.3 Å². The van der Waals surface area contributed by atoms with Crippen LogP contribution in [0.5, 0.6) is 0 Å². The first-order chi connectivity index (χ1) is 10.8. The fraction of sp³-hybridized carbons (Fsp3) is 0. The van der Waals surface area contributed by atoms with Crippen LogP contribution in [-0.4, -0.2) is 12.1 Å². The highest BCUT2D eigenvalue weighted by Crippen LogP contribution is 2.21. The van der Waals surface area contributed by atoms with E-state index in [4.69, 9.17) is 11.6 Å². The normalized spacial score (nSPS) is 11.0. The number of benzene rings is 2. The Labute approximate surface area is 131 Å². The Kier molecular flexibility index (Phi) is 4.95. The van der Waals surface area contributed by atoms with Crippen molar-refractivity contribution >= 4 is 23.7 Å². The number of nitrogens with one attached hydrogen (secondary N) is 1. The van der Waals surface area contributed by atoms with Crippen LogP contribution in [0.3, 0.4) is 0 Å². The summed E-state index contributed by atoms with van der Waals surface area (Å²) in [4.78, 5) is 11.7. The van der Waals surface area contributed by atoms with Crippen LogP contribution in [0.25, 0.3) is 0 Å². The third-order valence-electron chi connectivity index (χ3n) is 2.72. The summed E-state index contributed by atoms with van der Waals surface area (Å²) in [5, 5.41) is 3.27.